The monoisotopic (exact) mass is 428 g/mol. The number of rotatable bonds is 6. The van der Waals surface area contributed by atoms with Crippen molar-refractivity contribution in [2.75, 3.05) is 11.4 Å². The van der Waals surface area contributed by atoms with E-state index in [1.165, 1.54) is 31.3 Å². The maximum Gasteiger partial charge on any atom is 0.264 e. The molecule has 0 spiro atoms. The van der Waals surface area contributed by atoms with Gasteiger partial charge in [-0.2, -0.15) is 0 Å². The summed E-state index contributed by atoms with van der Waals surface area (Å²) in [5.74, 6) is -0.376. The summed E-state index contributed by atoms with van der Waals surface area (Å²) in [5.41, 5.74) is 1.51. The van der Waals surface area contributed by atoms with Crippen LogP contribution in [0.1, 0.15) is 28.9 Å². The molecule has 3 aromatic rings. The number of carbonyl (C=O) groups excluding carboxylic acids is 1. The van der Waals surface area contributed by atoms with Crippen molar-refractivity contribution in [1.82, 2.24) is 5.32 Å². The van der Waals surface area contributed by atoms with Crippen molar-refractivity contribution in [2.45, 2.75) is 17.9 Å². The Hall–Kier alpha value is -2.83. The third-order valence-corrected chi connectivity index (χ3v) is 6.74. The topological polar surface area (TPSA) is 66.5 Å². The number of benzene rings is 3. The van der Waals surface area contributed by atoms with E-state index in [1.54, 1.807) is 24.3 Å². The van der Waals surface area contributed by atoms with Crippen molar-refractivity contribution >= 4 is 33.2 Å². The molecule has 1 atom stereocenters. The summed E-state index contributed by atoms with van der Waals surface area (Å²) < 4.78 is 26.8. The lowest BCUT2D eigenvalue weighted by molar-refractivity contribution is 0.0940. The van der Waals surface area contributed by atoms with Crippen molar-refractivity contribution in [3.8, 4) is 0 Å². The molecule has 0 radical (unpaired) electrons. The van der Waals surface area contributed by atoms with Crippen LogP contribution in [0.2, 0.25) is 5.02 Å². The summed E-state index contributed by atoms with van der Waals surface area (Å²) >= 11 is 6.23. The normalized spacial score (nSPS) is 12.2. The minimum atomic E-state index is -3.75. The highest BCUT2D eigenvalue weighted by Gasteiger charge is 2.23. The third-order valence-electron chi connectivity index (χ3n) is 4.61. The first-order chi connectivity index (χ1) is 13.8. The van der Waals surface area contributed by atoms with Crippen LogP contribution in [0.3, 0.4) is 0 Å². The summed E-state index contributed by atoms with van der Waals surface area (Å²) in [7, 11) is -2.31. The number of hydrogen-bond acceptors (Lipinski definition) is 3. The molecule has 0 unspecified atom stereocenters. The maximum atomic E-state index is 12.9. The zero-order chi connectivity index (χ0) is 21.0. The quantitative estimate of drug-likeness (QED) is 0.621. The molecule has 0 aliphatic carbocycles. The average Bonchev–Trinajstić information content (AvgIpc) is 2.74. The molecule has 5 nitrogen and oxygen atoms in total. The summed E-state index contributed by atoms with van der Waals surface area (Å²) in [6.07, 6.45) is 0. The van der Waals surface area contributed by atoms with Gasteiger partial charge in [0.2, 0.25) is 0 Å². The number of hydrogen-bond donors (Lipinski definition) is 1. The first kappa shape index (κ1) is 20.9. The fourth-order valence-electron chi connectivity index (χ4n) is 2.87. The van der Waals surface area contributed by atoms with Crippen molar-refractivity contribution in [2.24, 2.45) is 0 Å². The second kappa shape index (κ2) is 8.68. The van der Waals surface area contributed by atoms with Gasteiger partial charge in [-0.05, 0) is 42.8 Å². The fraction of sp³-hybridized carbons (Fsp3) is 0.136. The Kier molecular flexibility index (Phi) is 6.25. The van der Waals surface area contributed by atoms with Crippen LogP contribution in [-0.2, 0) is 10.0 Å². The van der Waals surface area contributed by atoms with Crippen LogP contribution in [0.4, 0.5) is 5.69 Å². The minimum absolute atomic E-state index is 0.168. The van der Waals surface area contributed by atoms with E-state index in [9.17, 15) is 13.2 Å². The second-order valence-corrected chi connectivity index (χ2v) is 8.93. The Bertz CT molecular complexity index is 1100. The largest absolute Gasteiger partial charge is 0.345 e. The van der Waals surface area contributed by atoms with Gasteiger partial charge in [0.05, 0.1) is 27.2 Å². The SMILES string of the molecule is C[C@H](NC(=O)c1cc(N(C)S(=O)(=O)c2ccccc2)ccc1Cl)c1ccccc1. The number of amides is 1. The highest BCUT2D eigenvalue weighted by atomic mass is 35.5. The van der Waals surface area contributed by atoms with Gasteiger partial charge in [-0.25, -0.2) is 8.42 Å². The van der Waals surface area contributed by atoms with Crippen LogP contribution >= 0.6 is 11.6 Å². The Morgan fingerprint density at radius 3 is 2.17 bits per heavy atom. The van der Waals surface area contributed by atoms with Crippen molar-refractivity contribution in [3.63, 3.8) is 0 Å². The molecule has 0 saturated carbocycles. The predicted octanol–water partition coefficient (Wildman–Crippen LogP) is 4.66. The lowest BCUT2D eigenvalue weighted by Crippen LogP contribution is -2.29. The molecule has 29 heavy (non-hydrogen) atoms. The number of sulfonamides is 1. The zero-order valence-electron chi connectivity index (χ0n) is 16.0. The fourth-order valence-corrected chi connectivity index (χ4v) is 4.28. The van der Waals surface area contributed by atoms with Crippen LogP contribution in [0, 0.1) is 0 Å². The van der Waals surface area contributed by atoms with Gasteiger partial charge in [0.25, 0.3) is 15.9 Å². The molecule has 0 fully saturated rings. The van der Waals surface area contributed by atoms with E-state index >= 15 is 0 Å². The predicted molar refractivity (Wildman–Crippen MR) is 116 cm³/mol. The smallest absolute Gasteiger partial charge is 0.264 e. The molecule has 3 rings (SSSR count). The molecule has 0 saturated heterocycles. The number of nitrogens with one attached hydrogen (secondary N) is 1. The summed E-state index contributed by atoms with van der Waals surface area (Å²) in [6.45, 7) is 1.87. The average molecular weight is 429 g/mol. The highest BCUT2D eigenvalue weighted by Crippen LogP contribution is 2.27. The molecule has 0 aliphatic heterocycles. The van der Waals surface area contributed by atoms with E-state index in [2.05, 4.69) is 5.32 Å². The molecule has 1 amide bonds. The van der Waals surface area contributed by atoms with Crippen LogP contribution < -0.4 is 9.62 Å². The minimum Gasteiger partial charge on any atom is -0.345 e. The van der Waals surface area contributed by atoms with E-state index in [-0.39, 0.29) is 27.4 Å². The van der Waals surface area contributed by atoms with E-state index < -0.39 is 10.0 Å². The molecular formula is C22H21ClN2O3S. The Labute approximate surface area is 176 Å². The van der Waals surface area contributed by atoms with Gasteiger partial charge >= 0.3 is 0 Å². The van der Waals surface area contributed by atoms with E-state index in [1.807, 2.05) is 37.3 Å². The summed E-state index contributed by atoms with van der Waals surface area (Å²) in [5, 5.41) is 3.15. The first-order valence-electron chi connectivity index (χ1n) is 9.00. The molecular weight excluding hydrogens is 408 g/mol. The Balaban J connectivity index is 1.87. The summed E-state index contributed by atoms with van der Waals surface area (Å²) in [6, 6.07) is 22.0. The second-order valence-electron chi connectivity index (χ2n) is 6.56. The first-order valence-corrected chi connectivity index (χ1v) is 10.8. The van der Waals surface area contributed by atoms with E-state index in [0.717, 1.165) is 9.87 Å². The van der Waals surface area contributed by atoms with Crippen molar-refractivity contribution in [1.29, 1.82) is 0 Å². The van der Waals surface area contributed by atoms with Crippen LogP contribution in [0.5, 0.6) is 0 Å². The van der Waals surface area contributed by atoms with Crippen molar-refractivity contribution < 1.29 is 13.2 Å². The number of halogens is 1. The zero-order valence-corrected chi connectivity index (χ0v) is 17.6. The number of nitrogens with zero attached hydrogens (tertiary/aromatic N) is 1. The Morgan fingerprint density at radius 1 is 0.966 bits per heavy atom. The third kappa shape index (κ3) is 4.60. The van der Waals surface area contributed by atoms with Crippen LogP contribution in [0.15, 0.2) is 83.8 Å². The van der Waals surface area contributed by atoms with E-state index in [0.29, 0.717) is 5.69 Å². The standard InChI is InChI=1S/C22H21ClN2O3S/c1-16(17-9-5-3-6-10-17)24-22(26)20-15-18(13-14-21(20)23)25(2)29(27,28)19-11-7-4-8-12-19/h3-16H,1-2H3,(H,24,26)/t16-/m0/s1. The van der Waals surface area contributed by atoms with Gasteiger partial charge in [0.15, 0.2) is 0 Å². The molecule has 1 N–H and O–H groups in total. The van der Waals surface area contributed by atoms with Gasteiger partial charge < -0.3 is 5.32 Å². The molecule has 0 aromatic heterocycles. The molecule has 0 bridgehead atoms. The number of carbonyl (C=O) groups is 1. The number of anilines is 1. The lowest BCUT2D eigenvalue weighted by atomic mass is 10.1. The summed E-state index contributed by atoms with van der Waals surface area (Å²) in [4.78, 5) is 12.9. The van der Waals surface area contributed by atoms with Crippen LogP contribution in [0.25, 0.3) is 0 Å². The van der Waals surface area contributed by atoms with Gasteiger partial charge in [-0.3, -0.25) is 9.10 Å². The molecule has 3 aromatic carbocycles. The van der Waals surface area contributed by atoms with Crippen LogP contribution in [-0.4, -0.2) is 21.4 Å². The lowest BCUT2D eigenvalue weighted by Gasteiger charge is -2.21. The van der Waals surface area contributed by atoms with Gasteiger partial charge in [-0.15, -0.1) is 0 Å². The molecule has 7 heteroatoms. The highest BCUT2D eigenvalue weighted by molar-refractivity contribution is 7.92. The van der Waals surface area contributed by atoms with Gasteiger partial charge in [-0.1, -0.05) is 60.1 Å². The van der Waals surface area contributed by atoms with Gasteiger partial charge in [0.1, 0.15) is 0 Å². The van der Waals surface area contributed by atoms with Gasteiger partial charge in [0, 0.05) is 7.05 Å². The van der Waals surface area contributed by atoms with E-state index in [4.69, 9.17) is 11.6 Å². The Morgan fingerprint density at radius 2 is 1.55 bits per heavy atom. The molecule has 0 aliphatic rings. The maximum absolute atomic E-state index is 12.9. The molecule has 0 heterocycles. The molecule has 150 valence electrons. The van der Waals surface area contributed by atoms with Crippen molar-refractivity contribution in [3.05, 3.63) is 95.0 Å².